The van der Waals surface area contributed by atoms with Gasteiger partial charge in [-0.25, -0.2) is 9.78 Å². The highest BCUT2D eigenvalue weighted by molar-refractivity contribution is 7.17. The van der Waals surface area contributed by atoms with Crippen molar-refractivity contribution >= 4 is 28.3 Å². The highest BCUT2D eigenvalue weighted by atomic mass is 32.1. The van der Waals surface area contributed by atoms with Gasteiger partial charge in [0.05, 0.1) is 12.2 Å². The molecule has 2 aromatic rings. The summed E-state index contributed by atoms with van der Waals surface area (Å²) in [5.74, 6) is -1.16. The molecule has 8 nitrogen and oxygen atoms in total. The zero-order valence-corrected chi connectivity index (χ0v) is 15.3. The van der Waals surface area contributed by atoms with E-state index in [0.29, 0.717) is 35.6 Å². The summed E-state index contributed by atoms with van der Waals surface area (Å²) >= 11 is 1.34. The lowest BCUT2D eigenvalue weighted by Crippen LogP contribution is -2.36. The third-order valence-electron chi connectivity index (χ3n) is 4.24. The maximum atomic E-state index is 12.9. The van der Waals surface area contributed by atoms with E-state index in [4.69, 9.17) is 0 Å². The predicted octanol–water partition coefficient (Wildman–Crippen LogP) is 2.00. The van der Waals surface area contributed by atoms with Crippen LogP contribution in [-0.4, -0.2) is 49.7 Å². The number of amides is 1. The van der Waals surface area contributed by atoms with Crippen LogP contribution in [-0.2, 0) is 19.5 Å². The summed E-state index contributed by atoms with van der Waals surface area (Å²) in [5, 5.41) is 17.4. The summed E-state index contributed by atoms with van der Waals surface area (Å²) in [5.41, 5.74) is 2.30. The van der Waals surface area contributed by atoms with Gasteiger partial charge in [0.1, 0.15) is 4.88 Å². The van der Waals surface area contributed by atoms with Crippen LogP contribution in [0.1, 0.15) is 51.0 Å². The van der Waals surface area contributed by atoms with Crippen LogP contribution in [0.3, 0.4) is 0 Å². The first-order valence-corrected chi connectivity index (χ1v) is 9.10. The van der Waals surface area contributed by atoms with Gasteiger partial charge in [-0.2, -0.15) is 5.10 Å². The first-order chi connectivity index (χ1) is 12.0. The van der Waals surface area contributed by atoms with Crippen molar-refractivity contribution in [3.8, 4) is 0 Å². The Kier molecular flexibility index (Phi) is 4.76. The molecule has 3 heterocycles. The lowest BCUT2D eigenvalue weighted by atomic mass is 10.0. The van der Waals surface area contributed by atoms with Crippen molar-refractivity contribution in [2.45, 2.75) is 40.3 Å². The van der Waals surface area contributed by atoms with Crippen LogP contribution in [0.4, 0.5) is 5.13 Å². The number of rotatable bonds is 5. The van der Waals surface area contributed by atoms with Gasteiger partial charge < -0.3 is 15.3 Å². The number of carbonyl (C=O) groups is 2. The van der Waals surface area contributed by atoms with Crippen molar-refractivity contribution in [1.82, 2.24) is 19.7 Å². The lowest BCUT2D eigenvalue weighted by Gasteiger charge is -2.27. The van der Waals surface area contributed by atoms with Gasteiger partial charge >= 0.3 is 5.97 Å². The van der Waals surface area contributed by atoms with Crippen LogP contribution < -0.4 is 5.32 Å². The fourth-order valence-corrected chi connectivity index (χ4v) is 4.06. The number of aryl methyl sites for hydroxylation is 2. The molecule has 2 N–H and O–H groups in total. The van der Waals surface area contributed by atoms with Crippen LogP contribution in [0.2, 0.25) is 0 Å². The summed E-state index contributed by atoms with van der Waals surface area (Å²) in [4.78, 5) is 31.0. The Morgan fingerprint density at radius 1 is 1.36 bits per heavy atom. The van der Waals surface area contributed by atoms with Gasteiger partial charge in [-0.05, 0) is 20.8 Å². The van der Waals surface area contributed by atoms with Crippen LogP contribution in [0, 0.1) is 6.92 Å². The number of carbonyl (C=O) groups excluding carboxylic acids is 1. The largest absolute Gasteiger partial charge is 0.476 e. The summed E-state index contributed by atoms with van der Waals surface area (Å²) in [6.07, 6.45) is 0.604. The molecule has 9 heteroatoms. The number of aromatic carboxylic acids is 1. The fourth-order valence-electron chi connectivity index (χ4n) is 3.06. The van der Waals surface area contributed by atoms with Crippen LogP contribution in [0.15, 0.2) is 0 Å². The maximum absolute atomic E-state index is 12.9. The lowest BCUT2D eigenvalue weighted by molar-refractivity contribution is 0.0674. The molecule has 0 aliphatic carbocycles. The molecule has 0 aromatic carbocycles. The molecule has 0 spiro atoms. The van der Waals surface area contributed by atoms with Gasteiger partial charge in [0.15, 0.2) is 10.8 Å². The minimum absolute atomic E-state index is 0.0451. The third kappa shape index (κ3) is 3.11. The predicted molar refractivity (Wildman–Crippen MR) is 94.3 cm³/mol. The second-order valence-electron chi connectivity index (χ2n) is 5.84. The van der Waals surface area contributed by atoms with E-state index in [1.54, 1.807) is 9.58 Å². The Bertz CT molecular complexity index is 826. The molecule has 1 aliphatic heterocycles. The number of hydrogen-bond acceptors (Lipinski definition) is 6. The van der Waals surface area contributed by atoms with E-state index in [2.05, 4.69) is 15.4 Å². The molecule has 1 aliphatic rings. The first kappa shape index (κ1) is 17.4. The quantitative estimate of drug-likeness (QED) is 0.843. The molecule has 25 heavy (non-hydrogen) atoms. The van der Waals surface area contributed by atoms with E-state index in [9.17, 15) is 14.7 Å². The van der Waals surface area contributed by atoms with Gasteiger partial charge in [0, 0.05) is 37.3 Å². The Hall–Kier alpha value is -2.42. The van der Waals surface area contributed by atoms with Crippen molar-refractivity contribution < 1.29 is 14.7 Å². The van der Waals surface area contributed by atoms with Gasteiger partial charge in [0.2, 0.25) is 0 Å². The molecule has 0 saturated carbocycles. The molecular formula is C16H21N5O3S. The van der Waals surface area contributed by atoms with E-state index in [1.807, 2.05) is 20.8 Å². The molecule has 0 bridgehead atoms. The number of hydrogen-bond donors (Lipinski definition) is 2. The van der Waals surface area contributed by atoms with Gasteiger partial charge in [-0.15, -0.1) is 0 Å². The van der Waals surface area contributed by atoms with Crippen molar-refractivity contribution in [3.63, 3.8) is 0 Å². The number of fused-ring (bicyclic) bond motifs is 1. The van der Waals surface area contributed by atoms with Crippen molar-refractivity contribution in [1.29, 1.82) is 0 Å². The van der Waals surface area contributed by atoms with Crippen molar-refractivity contribution in [2.24, 2.45) is 0 Å². The molecule has 1 amide bonds. The molecule has 3 rings (SSSR count). The van der Waals surface area contributed by atoms with Crippen LogP contribution in [0.5, 0.6) is 0 Å². The van der Waals surface area contributed by atoms with Crippen molar-refractivity contribution in [2.75, 3.05) is 18.4 Å². The normalized spacial score (nSPS) is 13.6. The highest BCUT2D eigenvalue weighted by Crippen LogP contribution is 2.28. The van der Waals surface area contributed by atoms with E-state index < -0.39 is 5.97 Å². The monoisotopic (exact) mass is 363 g/mol. The van der Waals surface area contributed by atoms with E-state index >= 15 is 0 Å². The second kappa shape index (κ2) is 6.83. The Morgan fingerprint density at radius 2 is 2.12 bits per heavy atom. The molecule has 2 aromatic heterocycles. The Labute approximate surface area is 149 Å². The zero-order chi connectivity index (χ0) is 18.1. The molecular weight excluding hydrogens is 342 g/mol. The zero-order valence-electron chi connectivity index (χ0n) is 14.5. The van der Waals surface area contributed by atoms with Crippen molar-refractivity contribution in [3.05, 3.63) is 27.5 Å². The summed E-state index contributed by atoms with van der Waals surface area (Å²) in [6.45, 7) is 7.89. The number of nitrogens with one attached hydrogen (secondary N) is 1. The Morgan fingerprint density at radius 3 is 2.76 bits per heavy atom. The van der Waals surface area contributed by atoms with Crippen LogP contribution >= 0.6 is 11.3 Å². The number of thiazole rings is 1. The second-order valence-corrected chi connectivity index (χ2v) is 6.83. The summed E-state index contributed by atoms with van der Waals surface area (Å²) < 4.78 is 1.72. The van der Waals surface area contributed by atoms with E-state index in [1.165, 1.54) is 11.3 Å². The molecule has 0 saturated heterocycles. The average Bonchev–Trinajstić information content (AvgIpc) is 3.14. The summed E-state index contributed by atoms with van der Waals surface area (Å²) in [7, 11) is 0. The number of anilines is 1. The maximum Gasteiger partial charge on any atom is 0.356 e. The van der Waals surface area contributed by atoms with E-state index in [-0.39, 0.29) is 18.1 Å². The van der Waals surface area contributed by atoms with E-state index in [0.717, 1.165) is 17.4 Å². The number of aromatic nitrogens is 3. The molecule has 0 unspecified atom stereocenters. The number of carboxylic acids is 1. The van der Waals surface area contributed by atoms with Crippen LogP contribution in [0.25, 0.3) is 0 Å². The van der Waals surface area contributed by atoms with Gasteiger partial charge in [-0.1, -0.05) is 11.3 Å². The standard InChI is InChI=1S/C16H21N5O3S/c1-4-17-16-18-9(3)13(25-16)14(22)20-7-6-11-10(8-20)12(15(23)24)19-21(11)5-2/h4-8H2,1-3H3,(H,17,18)(H,23,24). The number of nitrogens with zero attached hydrogens (tertiary/aromatic N) is 4. The molecule has 0 radical (unpaired) electrons. The molecule has 0 fully saturated rings. The number of carboxylic acid groups (broad SMARTS) is 1. The topological polar surface area (TPSA) is 100 Å². The minimum Gasteiger partial charge on any atom is -0.476 e. The highest BCUT2D eigenvalue weighted by Gasteiger charge is 2.31. The van der Waals surface area contributed by atoms with Gasteiger partial charge in [-0.3, -0.25) is 9.48 Å². The molecule has 134 valence electrons. The average molecular weight is 363 g/mol. The molecule has 0 atom stereocenters. The minimum atomic E-state index is -1.05. The fraction of sp³-hybridized carbons (Fsp3) is 0.500. The first-order valence-electron chi connectivity index (χ1n) is 8.28. The summed E-state index contributed by atoms with van der Waals surface area (Å²) in [6, 6.07) is 0. The smallest absolute Gasteiger partial charge is 0.356 e. The van der Waals surface area contributed by atoms with Gasteiger partial charge in [0.25, 0.3) is 5.91 Å². The SMILES string of the molecule is CCNc1nc(C)c(C(=O)N2CCc3c(c(C(=O)O)nn3CC)C2)s1. The third-order valence-corrected chi connectivity index (χ3v) is 5.35. The Balaban J connectivity index is 1.88.